The molecule has 0 heterocycles. The third-order valence-electron chi connectivity index (χ3n) is 3.47. The second-order valence-corrected chi connectivity index (χ2v) is 5.59. The van der Waals surface area contributed by atoms with E-state index in [1.807, 2.05) is 6.08 Å². The fourth-order valence-electron chi connectivity index (χ4n) is 2.07. The Hall–Kier alpha value is -1.67. The summed E-state index contributed by atoms with van der Waals surface area (Å²) in [5.41, 5.74) is 0. The topological polar surface area (TPSA) is 26.3 Å². The van der Waals surface area contributed by atoms with Crippen LogP contribution >= 0.6 is 0 Å². The number of rotatable bonds is 12. The van der Waals surface area contributed by atoms with Crippen LogP contribution < -0.4 is 0 Å². The van der Waals surface area contributed by atoms with Crippen molar-refractivity contribution in [1.29, 1.82) is 0 Å². The third-order valence-corrected chi connectivity index (χ3v) is 3.47. The first-order valence-corrected chi connectivity index (χ1v) is 8.90. The van der Waals surface area contributed by atoms with Gasteiger partial charge in [0, 0.05) is 32.1 Å². The Bertz CT molecular complexity index is 415. The first-order valence-electron chi connectivity index (χ1n) is 8.90. The average Bonchev–Trinajstić information content (AvgIpc) is 2.57. The van der Waals surface area contributed by atoms with E-state index in [4.69, 9.17) is 0 Å². The van der Waals surface area contributed by atoms with Gasteiger partial charge < -0.3 is 4.74 Å². The van der Waals surface area contributed by atoms with Gasteiger partial charge in [0.2, 0.25) is 0 Å². The van der Waals surface area contributed by atoms with Crippen LogP contribution in [0.3, 0.4) is 0 Å². The Morgan fingerprint density at radius 3 is 1.83 bits per heavy atom. The highest BCUT2D eigenvalue weighted by Crippen LogP contribution is 2.06. The Labute approximate surface area is 143 Å². The summed E-state index contributed by atoms with van der Waals surface area (Å²) >= 11 is 0. The SMILES string of the molecule is C=CCCCC#CCCCCCCCC#CCCCC(=O)OC. The van der Waals surface area contributed by atoms with Crippen LogP contribution in [-0.4, -0.2) is 13.1 Å². The van der Waals surface area contributed by atoms with Crippen molar-refractivity contribution in [1.82, 2.24) is 0 Å². The predicted molar refractivity (Wildman–Crippen MR) is 97.8 cm³/mol. The van der Waals surface area contributed by atoms with Gasteiger partial charge in [-0.2, -0.15) is 0 Å². The Morgan fingerprint density at radius 1 is 0.826 bits per heavy atom. The van der Waals surface area contributed by atoms with Gasteiger partial charge in [-0.15, -0.1) is 30.3 Å². The van der Waals surface area contributed by atoms with Gasteiger partial charge in [-0.1, -0.05) is 25.3 Å². The van der Waals surface area contributed by atoms with Crippen molar-refractivity contribution in [2.45, 2.75) is 83.5 Å². The van der Waals surface area contributed by atoms with E-state index in [2.05, 4.69) is 35.0 Å². The number of carbonyl (C=O) groups excluding carboxylic acids is 1. The van der Waals surface area contributed by atoms with Crippen LogP contribution in [-0.2, 0) is 9.53 Å². The molecule has 0 amide bonds. The lowest BCUT2D eigenvalue weighted by Gasteiger charge is -1.97. The van der Waals surface area contributed by atoms with Crippen LogP contribution in [0.4, 0.5) is 0 Å². The number of allylic oxidation sites excluding steroid dienone is 1. The molecule has 0 rings (SSSR count). The minimum absolute atomic E-state index is 0.145. The highest BCUT2D eigenvalue weighted by Gasteiger charge is 1.96. The largest absolute Gasteiger partial charge is 0.469 e. The van der Waals surface area contributed by atoms with Crippen molar-refractivity contribution < 1.29 is 9.53 Å². The van der Waals surface area contributed by atoms with Crippen molar-refractivity contribution in [3.05, 3.63) is 12.7 Å². The summed E-state index contributed by atoms with van der Waals surface area (Å²) in [6, 6.07) is 0. The number of carbonyl (C=O) groups is 1. The molecule has 0 aliphatic carbocycles. The van der Waals surface area contributed by atoms with Gasteiger partial charge >= 0.3 is 5.97 Å². The van der Waals surface area contributed by atoms with Gasteiger partial charge in [0.25, 0.3) is 0 Å². The lowest BCUT2D eigenvalue weighted by atomic mass is 10.1. The highest BCUT2D eigenvalue weighted by atomic mass is 16.5. The summed E-state index contributed by atoms with van der Waals surface area (Å²) in [7, 11) is 1.42. The van der Waals surface area contributed by atoms with Crippen molar-refractivity contribution in [3.8, 4) is 23.7 Å². The molecule has 0 bridgehead atoms. The minimum Gasteiger partial charge on any atom is -0.469 e. The van der Waals surface area contributed by atoms with E-state index in [-0.39, 0.29) is 5.97 Å². The zero-order chi connectivity index (χ0) is 17.0. The number of unbranched alkanes of at least 4 members (excludes halogenated alkanes) is 9. The van der Waals surface area contributed by atoms with Crippen molar-refractivity contribution in [2.75, 3.05) is 7.11 Å². The molecular weight excluding hydrogens is 284 g/mol. The number of ether oxygens (including phenoxy) is 1. The number of esters is 1. The first-order chi connectivity index (χ1) is 11.3. The van der Waals surface area contributed by atoms with Crippen molar-refractivity contribution in [3.63, 3.8) is 0 Å². The van der Waals surface area contributed by atoms with E-state index in [0.29, 0.717) is 6.42 Å². The molecule has 0 aliphatic heterocycles. The van der Waals surface area contributed by atoms with Gasteiger partial charge in [0.05, 0.1) is 7.11 Å². The number of hydrogen-bond acceptors (Lipinski definition) is 2. The summed E-state index contributed by atoms with van der Waals surface area (Å²) in [5.74, 6) is 12.6. The van der Waals surface area contributed by atoms with Crippen LogP contribution in [0.2, 0.25) is 0 Å². The first kappa shape index (κ1) is 21.3. The fraction of sp³-hybridized carbons (Fsp3) is 0.667. The molecule has 0 saturated heterocycles. The maximum Gasteiger partial charge on any atom is 0.305 e. The molecule has 0 atom stereocenters. The molecule has 0 aromatic rings. The standard InChI is InChI=1S/C21H32O2/c1-3-4-5-6-7-8-9-10-11-12-13-14-15-16-17-18-19-20-21(22)23-2/h3H,1,4-6,9-15,18-20H2,2H3. The second kappa shape index (κ2) is 18.4. The second-order valence-electron chi connectivity index (χ2n) is 5.59. The summed E-state index contributed by atoms with van der Waals surface area (Å²) in [6.45, 7) is 3.70. The molecule has 0 saturated carbocycles. The Balaban J connectivity index is 3.24. The molecule has 0 aliphatic rings. The molecule has 128 valence electrons. The molecule has 2 nitrogen and oxygen atoms in total. The van der Waals surface area contributed by atoms with Crippen LogP contribution in [0.1, 0.15) is 83.5 Å². The van der Waals surface area contributed by atoms with E-state index in [0.717, 1.165) is 44.9 Å². The monoisotopic (exact) mass is 316 g/mol. The molecule has 0 fully saturated rings. The van der Waals surface area contributed by atoms with Gasteiger partial charge in [-0.25, -0.2) is 0 Å². The normalized spacial score (nSPS) is 9.26. The Morgan fingerprint density at radius 2 is 1.30 bits per heavy atom. The van der Waals surface area contributed by atoms with Crippen LogP contribution in [0, 0.1) is 23.7 Å². The highest BCUT2D eigenvalue weighted by molar-refractivity contribution is 5.69. The van der Waals surface area contributed by atoms with Crippen LogP contribution in [0.5, 0.6) is 0 Å². The quantitative estimate of drug-likeness (QED) is 0.208. The average molecular weight is 316 g/mol. The maximum atomic E-state index is 10.9. The summed E-state index contributed by atoms with van der Waals surface area (Å²) in [4.78, 5) is 10.9. The molecule has 0 aromatic heterocycles. The van der Waals surface area contributed by atoms with Gasteiger partial charge in [-0.3, -0.25) is 4.79 Å². The molecule has 2 heteroatoms. The predicted octanol–water partition coefficient (Wildman–Crippen LogP) is 5.42. The number of methoxy groups -OCH3 is 1. The molecule has 23 heavy (non-hydrogen) atoms. The zero-order valence-electron chi connectivity index (χ0n) is 14.8. The molecule has 0 N–H and O–H groups in total. The maximum absolute atomic E-state index is 10.9. The van der Waals surface area contributed by atoms with Crippen LogP contribution in [0.25, 0.3) is 0 Å². The van der Waals surface area contributed by atoms with E-state index < -0.39 is 0 Å². The molecule has 0 spiro atoms. The van der Waals surface area contributed by atoms with Gasteiger partial charge in [0.15, 0.2) is 0 Å². The molecule has 0 unspecified atom stereocenters. The summed E-state index contributed by atoms with van der Waals surface area (Å²) < 4.78 is 4.58. The van der Waals surface area contributed by atoms with Crippen LogP contribution in [0.15, 0.2) is 12.7 Å². The van der Waals surface area contributed by atoms with E-state index in [1.54, 1.807) is 0 Å². The van der Waals surface area contributed by atoms with Crippen molar-refractivity contribution >= 4 is 5.97 Å². The summed E-state index contributed by atoms with van der Waals surface area (Å²) in [6.07, 6.45) is 15.4. The fourth-order valence-corrected chi connectivity index (χ4v) is 2.07. The zero-order valence-corrected chi connectivity index (χ0v) is 14.8. The lowest BCUT2D eigenvalue weighted by Crippen LogP contribution is -1.98. The third kappa shape index (κ3) is 18.3. The molecule has 0 radical (unpaired) electrons. The molecule has 0 aromatic carbocycles. The van der Waals surface area contributed by atoms with Crippen molar-refractivity contribution in [2.24, 2.45) is 0 Å². The van der Waals surface area contributed by atoms with E-state index in [1.165, 1.54) is 39.2 Å². The lowest BCUT2D eigenvalue weighted by molar-refractivity contribution is -0.140. The minimum atomic E-state index is -0.145. The van der Waals surface area contributed by atoms with E-state index >= 15 is 0 Å². The van der Waals surface area contributed by atoms with E-state index in [9.17, 15) is 4.79 Å². The van der Waals surface area contributed by atoms with Gasteiger partial charge in [-0.05, 0) is 32.1 Å². The number of hydrogen-bond donors (Lipinski definition) is 0. The smallest absolute Gasteiger partial charge is 0.305 e. The Kier molecular flexibility index (Phi) is 17.0. The summed E-state index contributed by atoms with van der Waals surface area (Å²) in [5, 5.41) is 0. The van der Waals surface area contributed by atoms with Gasteiger partial charge in [0.1, 0.15) is 0 Å². The molecular formula is C21H32O2.